The van der Waals surface area contributed by atoms with Crippen LogP contribution in [0, 0.1) is 0 Å². The molecule has 1 saturated heterocycles. The molecule has 1 aliphatic heterocycles. The molecule has 1 aliphatic rings. The molecule has 0 atom stereocenters. The third-order valence-corrected chi connectivity index (χ3v) is 3.40. The van der Waals surface area contributed by atoms with E-state index < -0.39 is 0 Å². The number of nitrogens with zero attached hydrogens (tertiary/aromatic N) is 4. The largest absolute Gasteiger partial charge is 0.370 e. The van der Waals surface area contributed by atoms with E-state index in [2.05, 4.69) is 30.8 Å². The Morgan fingerprint density at radius 1 is 1.20 bits per heavy atom. The zero-order chi connectivity index (χ0) is 13.8. The second-order valence-corrected chi connectivity index (χ2v) is 4.75. The molecule has 2 N–H and O–H groups in total. The zero-order valence-electron chi connectivity index (χ0n) is 11.0. The summed E-state index contributed by atoms with van der Waals surface area (Å²) >= 11 is 0. The van der Waals surface area contributed by atoms with Crippen molar-refractivity contribution in [1.29, 1.82) is 0 Å². The highest BCUT2D eigenvalue weighted by Gasteiger charge is 2.17. The number of tetrazole rings is 1. The van der Waals surface area contributed by atoms with E-state index in [0.717, 1.165) is 24.5 Å². The lowest BCUT2D eigenvalue weighted by Gasteiger charge is -2.30. The fourth-order valence-electron chi connectivity index (χ4n) is 2.43. The molecule has 1 aromatic heterocycles. The molecule has 0 bridgehead atoms. The van der Waals surface area contributed by atoms with Crippen molar-refractivity contribution in [3.8, 4) is 0 Å². The summed E-state index contributed by atoms with van der Waals surface area (Å²) in [5.41, 5.74) is 1.83. The van der Waals surface area contributed by atoms with Crippen molar-refractivity contribution < 1.29 is 4.79 Å². The molecule has 1 fully saturated rings. The van der Waals surface area contributed by atoms with Crippen molar-refractivity contribution >= 4 is 17.3 Å². The minimum Gasteiger partial charge on any atom is -0.370 e. The number of carbonyl (C=O) groups is 1. The molecule has 0 saturated carbocycles. The molecule has 104 valence electrons. The van der Waals surface area contributed by atoms with E-state index in [1.807, 2.05) is 24.3 Å². The van der Waals surface area contributed by atoms with Gasteiger partial charge in [-0.2, -0.15) is 5.21 Å². The number of para-hydroxylation sites is 2. The standard InChI is InChI=1S/C13H16N6O/c20-13(12-15-17-18-16-12)14-10-6-2-3-7-11(10)19-8-4-1-5-9-19/h2-3,6-7H,1,4-5,8-9H2,(H,14,20)(H,15,16,17,18). The molecule has 1 amide bonds. The van der Waals surface area contributed by atoms with Gasteiger partial charge in [0.1, 0.15) is 0 Å². The topological polar surface area (TPSA) is 86.8 Å². The van der Waals surface area contributed by atoms with Crippen molar-refractivity contribution in [3.63, 3.8) is 0 Å². The first-order valence-corrected chi connectivity index (χ1v) is 6.73. The molecule has 0 spiro atoms. The summed E-state index contributed by atoms with van der Waals surface area (Å²) < 4.78 is 0. The Kier molecular flexibility index (Phi) is 3.58. The summed E-state index contributed by atoms with van der Waals surface area (Å²) in [6.45, 7) is 2.05. The Balaban J connectivity index is 1.80. The molecule has 2 heterocycles. The predicted molar refractivity (Wildman–Crippen MR) is 74.6 cm³/mol. The van der Waals surface area contributed by atoms with Gasteiger partial charge in [0, 0.05) is 13.1 Å². The second kappa shape index (κ2) is 5.68. The first kappa shape index (κ1) is 12.6. The van der Waals surface area contributed by atoms with Gasteiger partial charge >= 0.3 is 0 Å². The Morgan fingerprint density at radius 3 is 2.75 bits per heavy atom. The number of piperidine rings is 1. The monoisotopic (exact) mass is 272 g/mol. The van der Waals surface area contributed by atoms with Gasteiger partial charge in [-0.3, -0.25) is 4.79 Å². The molecule has 0 radical (unpaired) electrons. The van der Waals surface area contributed by atoms with Crippen LogP contribution in [0.25, 0.3) is 0 Å². The van der Waals surface area contributed by atoms with E-state index in [0.29, 0.717) is 0 Å². The van der Waals surface area contributed by atoms with Crippen molar-refractivity contribution in [2.24, 2.45) is 0 Å². The van der Waals surface area contributed by atoms with Crippen LogP contribution in [0.4, 0.5) is 11.4 Å². The van der Waals surface area contributed by atoms with Crippen molar-refractivity contribution in [2.75, 3.05) is 23.3 Å². The van der Waals surface area contributed by atoms with Crippen LogP contribution in [0.2, 0.25) is 0 Å². The second-order valence-electron chi connectivity index (χ2n) is 4.75. The lowest BCUT2D eigenvalue weighted by atomic mass is 10.1. The highest BCUT2D eigenvalue weighted by Crippen LogP contribution is 2.28. The Labute approximate surface area is 116 Å². The first-order valence-electron chi connectivity index (χ1n) is 6.73. The van der Waals surface area contributed by atoms with Gasteiger partial charge in [-0.05, 0) is 36.6 Å². The van der Waals surface area contributed by atoms with Crippen LogP contribution < -0.4 is 10.2 Å². The van der Waals surface area contributed by atoms with E-state index >= 15 is 0 Å². The van der Waals surface area contributed by atoms with Gasteiger partial charge in [0.25, 0.3) is 11.7 Å². The summed E-state index contributed by atoms with van der Waals surface area (Å²) in [7, 11) is 0. The van der Waals surface area contributed by atoms with Crippen LogP contribution in [0.5, 0.6) is 0 Å². The Hall–Kier alpha value is -2.44. The number of amides is 1. The number of carbonyl (C=O) groups excluding carboxylic acids is 1. The normalized spacial score (nSPS) is 15.1. The lowest BCUT2D eigenvalue weighted by Crippen LogP contribution is -2.30. The third kappa shape index (κ3) is 2.61. The number of H-pyrrole nitrogens is 1. The van der Waals surface area contributed by atoms with E-state index in [9.17, 15) is 4.79 Å². The van der Waals surface area contributed by atoms with Gasteiger partial charge in [-0.1, -0.05) is 12.1 Å². The number of rotatable bonds is 3. The summed E-state index contributed by atoms with van der Waals surface area (Å²) in [5, 5.41) is 15.9. The van der Waals surface area contributed by atoms with Gasteiger partial charge in [-0.25, -0.2) is 0 Å². The molecular weight excluding hydrogens is 256 g/mol. The highest BCUT2D eigenvalue weighted by molar-refractivity contribution is 6.03. The van der Waals surface area contributed by atoms with Gasteiger partial charge < -0.3 is 10.2 Å². The maximum absolute atomic E-state index is 12.0. The average molecular weight is 272 g/mol. The fourth-order valence-corrected chi connectivity index (χ4v) is 2.43. The number of benzene rings is 1. The van der Waals surface area contributed by atoms with E-state index in [4.69, 9.17) is 0 Å². The van der Waals surface area contributed by atoms with Gasteiger partial charge in [0.15, 0.2) is 0 Å². The maximum Gasteiger partial charge on any atom is 0.297 e. The van der Waals surface area contributed by atoms with E-state index in [1.165, 1.54) is 19.3 Å². The molecule has 20 heavy (non-hydrogen) atoms. The third-order valence-electron chi connectivity index (χ3n) is 3.40. The molecule has 1 aromatic carbocycles. The molecule has 7 nitrogen and oxygen atoms in total. The lowest BCUT2D eigenvalue weighted by molar-refractivity contribution is 0.101. The van der Waals surface area contributed by atoms with E-state index in [-0.39, 0.29) is 11.7 Å². The van der Waals surface area contributed by atoms with Crippen molar-refractivity contribution in [1.82, 2.24) is 20.6 Å². The summed E-state index contributed by atoms with van der Waals surface area (Å²) in [6, 6.07) is 7.80. The SMILES string of the molecule is O=C(Nc1ccccc1N1CCCCC1)c1nn[nH]n1. The first-order chi connectivity index (χ1) is 9.84. The number of hydrogen-bond acceptors (Lipinski definition) is 5. The predicted octanol–water partition coefficient (Wildman–Crippen LogP) is 1.44. The van der Waals surface area contributed by atoms with Crippen molar-refractivity contribution in [3.05, 3.63) is 30.1 Å². The van der Waals surface area contributed by atoms with Gasteiger partial charge in [0.05, 0.1) is 11.4 Å². The molecular formula is C13H16N6O. The number of aromatic nitrogens is 4. The van der Waals surface area contributed by atoms with Gasteiger partial charge in [-0.15, -0.1) is 10.2 Å². The van der Waals surface area contributed by atoms with Crippen LogP contribution in [0.15, 0.2) is 24.3 Å². The highest BCUT2D eigenvalue weighted by atomic mass is 16.2. The number of anilines is 2. The summed E-state index contributed by atoms with van der Waals surface area (Å²) in [5.74, 6) is -0.318. The Morgan fingerprint density at radius 2 is 2.00 bits per heavy atom. The fraction of sp³-hybridized carbons (Fsp3) is 0.385. The maximum atomic E-state index is 12.0. The quantitative estimate of drug-likeness (QED) is 0.883. The van der Waals surface area contributed by atoms with Crippen molar-refractivity contribution in [2.45, 2.75) is 19.3 Å². The Bertz CT molecular complexity index is 576. The molecule has 0 aliphatic carbocycles. The zero-order valence-corrected chi connectivity index (χ0v) is 11.0. The van der Waals surface area contributed by atoms with Gasteiger partial charge in [0.2, 0.25) is 0 Å². The summed E-state index contributed by atoms with van der Waals surface area (Å²) in [4.78, 5) is 14.3. The van der Waals surface area contributed by atoms with E-state index in [1.54, 1.807) is 0 Å². The minimum absolute atomic E-state index is 0.0402. The number of aromatic amines is 1. The molecule has 2 aromatic rings. The number of hydrogen-bond donors (Lipinski definition) is 2. The van der Waals surface area contributed by atoms with Crippen LogP contribution in [-0.2, 0) is 0 Å². The molecule has 0 unspecified atom stereocenters. The minimum atomic E-state index is -0.358. The van der Waals surface area contributed by atoms with Crippen LogP contribution in [0.3, 0.4) is 0 Å². The van der Waals surface area contributed by atoms with Crippen LogP contribution in [0.1, 0.15) is 29.9 Å². The van der Waals surface area contributed by atoms with Crippen LogP contribution in [-0.4, -0.2) is 39.6 Å². The van der Waals surface area contributed by atoms with Crippen LogP contribution >= 0.6 is 0 Å². The molecule has 3 rings (SSSR count). The number of nitrogens with one attached hydrogen (secondary N) is 2. The smallest absolute Gasteiger partial charge is 0.297 e. The average Bonchev–Trinajstić information content (AvgIpc) is 3.03. The molecule has 7 heteroatoms. The summed E-state index contributed by atoms with van der Waals surface area (Å²) in [6.07, 6.45) is 3.65.